The van der Waals surface area contributed by atoms with E-state index in [0.717, 1.165) is 15.8 Å². The molecule has 0 aromatic heterocycles. The van der Waals surface area contributed by atoms with E-state index in [-0.39, 0.29) is 5.91 Å². The van der Waals surface area contributed by atoms with Crippen molar-refractivity contribution < 1.29 is 9.53 Å². The number of carbonyl (C=O) groups is 1. The molecule has 0 aliphatic heterocycles. The summed E-state index contributed by atoms with van der Waals surface area (Å²) in [4.78, 5) is 14.1. The number of hydrogen-bond acceptors (Lipinski definition) is 2. The minimum atomic E-state index is -0.0246. The molecule has 0 spiro atoms. The number of methoxy groups -OCH3 is 1. The fraction of sp³-hybridized carbons (Fsp3) is 0.188. The smallest absolute Gasteiger partial charge is 0.255 e. The lowest BCUT2D eigenvalue weighted by molar-refractivity contribution is 0.0783. The maximum absolute atomic E-state index is 12.4. The lowest BCUT2D eigenvalue weighted by atomic mass is 10.1. The molecule has 0 bridgehead atoms. The Labute approximate surface area is 127 Å². The van der Waals surface area contributed by atoms with Crippen LogP contribution in [0.3, 0.4) is 0 Å². The summed E-state index contributed by atoms with van der Waals surface area (Å²) in [5, 5.41) is 0. The van der Waals surface area contributed by atoms with Gasteiger partial charge in [0.05, 0.1) is 12.7 Å². The van der Waals surface area contributed by atoms with E-state index in [1.54, 1.807) is 19.1 Å². The number of nitrogens with zero attached hydrogens (tertiary/aromatic N) is 1. The summed E-state index contributed by atoms with van der Waals surface area (Å²) >= 11 is 3.41. The molecule has 0 aliphatic carbocycles. The first kappa shape index (κ1) is 14.6. The highest BCUT2D eigenvalue weighted by Crippen LogP contribution is 2.21. The average molecular weight is 334 g/mol. The molecule has 0 N–H and O–H groups in total. The normalized spacial score (nSPS) is 10.2. The molecule has 0 radical (unpaired) electrons. The second-order valence-electron chi connectivity index (χ2n) is 4.45. The number of halogens is 1. The highest BCUT2D eigenvalue weighted by atomic mass is 79.9. The molecule has 0 aliphatic rings. The maximum atomic E-state index is 12.4. The molecule has 0 fully saturated rings. The molecule has 1 amide bonds. The third-order valence-electron chi connectivity index (χ3n) is 3.05. The van der Waals surface area contributed by atoms with Crippen LogP contribution in [0.1, 0.15) is 15.9 Å². The van der Waals surface area contributed by atoms with Crippen LogP contribution in [0.15, 0.2) is 53.0 Å². The third kappa shape index (κ3) is 3.20. The van der Waals surface area contributed by atoms with Gasteiger partial charge in [0.15, 0.2) is 0 Å². The molecule has 2 rings (SSSR count). The molecule has 0 saturated heterocycles. The molecular formula is C16H16BrNO2. The largest absolute Gasteiger partial charge is 0.496 e. The zero-order valence-corrected chi connectivity index (χ0v) is 13.1. The Hall–Kier alpha value is -1.81. The number of ether oxygens (including phenoxy) is 1. The van der Waals surface area contributed by atoms with Gasteiger partial charge in [-0.25, -0.2) is 0 Å². The lowest BCUT2D eigenvalue weighted by Crippen LogP contribution is -2.26. The van der Waals surface area contributed by atoms with Gasteiger partial charge in [0, 0.05) is 23.6 Å². The first-order valence-corrected chi connectivity index (χ1v) is 7.04. The monoisotopic (exact) mass is 333 g/mol. The summed E-state index contributed by atoms with van der Waals surface area (Å²) in [5.41, 5.74) is 1.64. The highest BCUT2D eigenvalue weighted by Gasteiger charge is 2.15. The van der Waals surface area contributed by atoms with Crippen molar-refractivity contribution in [1.82, 2.24) is 4.90 Å². The van der Waals surface area contributed by atoms with E-state index < -0.39 is 0 Å². The van der Waals surface area contributed by atoms with Gasteiger partial charge in [-0.15, -0.1) is 0 Å². The summed E-state index contributed by atoms with van der Waals surface area (Å²) in [6, 6.07) is 15.1. The first-order chi connectivity index (χ1) is 9.63. The Balaban J connectivity index is 2.18. The predicted octanol–water partition coefficient (Wildman–Crippen LogP) is 3.73. The van der Waals surface area contributed by atoms with Gasteiger partial charge >= 0.3 is 0 Å². The lowest BCUT2D eigenvalue weighted by Gasteiger charge is -2.19. The zero-order chi connectivity index (χ0) is 14.5. The SMILES string of the molecule is COc1ccccc1CN(C)C(=O)c1ccccc1Br. The minimum absolute atomic E-state index is 0.0246. The zero-order valence-electron chi connectivity index (χ0n) is 11.5. The first-order valence-electron chi connectivity index (χ1n) is 6.25. The third-order valence-corrected chi connectivity index (χ3v) is 3.74. The number of rotatable bonds is 4. The fourth-order valence-electron chi connectivity index (χ4n) is 2.00. The molecule has 0 saturated carbocycles. The molecule has 3 nitrogen and oxygen atoms in total. The van der Waals surface area contributed by atoms with Crippen molar-refractivity contribution in [2.45, 2.75) is 6.54 Å². The summed E-state index contributed by atoms with van der Waals surface area (Å²) in [7, 11) is 3.42. The van der Waals surface area contributed by atoms with E-state index >= 15 is 0 Å². The number of para-hydroxylation sites is 1. The van der Waals surface area contributed by atoms with Gasteiger partial charge in [-0.3, -0.25) is 4.79 Å². The van der Waals surface area contributed by atoms with Crippen LogP contribution < -0.4 is 4.74 Å². The van der Waals surface area contributed by atoms with Crippen LogP contribution >= 0.6 is 15.9 Å². The number of carbonyl (C=O) groups excluding carboxylic acids is 1. The van der Waals surface area contributed by atoms with Crippen molar-refractivity contribution in [2.24, 2.45) is 0 Å². The predicted molar refractivity (Wildman–Crippen MR) is 82.9 cm³/mol. The molecule has 4 heteroatoms. The standard InChI is InChI=1S/C16H16BrNO2/c1-18(11-12-7-3-6-10-15(12)20-2)16(19)13-8-4-5-9-14(13)17/h3-10H,11H2,1-2H3. The van der Waals surface area contributed by atoms with Crippen molar-refractivity contribution in [2.75, 3.05) is 14.2 Å². The van der Waals surface area contributed by atoms with Crippen LogP contribution in [0.4, 0.5) is 0 Å². The van der Waals surface area contributed by atoms with Gasteiger partial charge in [-0.2, -0.15) is 0 Å². The van der Waals surface area contributed by atoms with E-state index in [9.17, 15) is 4.79 Å². The van der Waals surface area contributed by atoms with Crippen molar-refractivity contribution in [3.8, 4) is 5.75 Å². The Bertz CT molecular complexity index is 613. The fourth-order valence-corrected chi connectivity index (χ4v) is 2.46. The molecule has 2 aromatic rings. The number of amides is 1. The van der Waals surface area contributed by atoms with Crippen LogP contribution in [-0.2, 0) is 6.54 Å². The van der Waals surface area contributed by atoms with E-state index in [2.05, 4.69) is 15.9 Å². The van der Waals surface area contributed by atoms with Crippen LogP contribution in [0.25, 0.3) is 0 Å². The van der Waals surface area contributed by atoms with Crippen LogP contribution in [-0.4, -0.2) is 25.0 Å². The van der Waals surface area contributed by atoms with Gasteiger partial charge < -0.3 is 9.64 Å². The average Bonchev–Trinajstić information content (AvgIpc) is 2.47. The molecule has 0 atom stereocenters. The van der Waals surface area contributed by atoms with E-state index in [1.807, 2.05) is 48.5 Å². The van der Waals surface area contributed by atoms with Gasteiger partial charge in [0.2, 0.25) is 0 Å². The summed E-state index contributed by atoms with van der Waals surface area (Å²) in [5.74, 6) is 0.766. The molecule has 0 heterocycles. The van der Waals surface area contributed by atoms with Crippen LogP contribution in [0.5, 0.6) is 5.75 Å². The summed E-state index contributed by atoms with van der Waals surface area (Å²) < 4.78 is 6.11. The van der Waals surface area contributed by atoms with Crippen LogP contribution in [0.2, 0.25) is 0 Å². The number of hydrogen-bond donors (Lipinski definition) is 0. The highest BCUT2D eigenvalue weighted by molar-refractivity contribution is 9.10. The molecule has 0 unspecified atom stereocenters. The quantitative estimate of drug-likeness (QED) is 0.853. The maximum Gasteiger partial charge on any atom is 0.255 e. The van der Waals surface area contributed by atoms with Gasteiger partial charge in [-0.1, -0.05) is 30.3 Å². The Morgan fingerprint density at radius 1 is 1.15 bits per heavy atom. The second-order valence-corrected chi connectivity index (χ2v) is 5.31. The van der Waals surface area contributed by atoms with Crippen molar-refractivity contribution in [3.63, 3.8) is 0 Å². The van der Waals surface area contributed by atoms with Gasteiger partial charge in [-0.05, 0) is 34.1 Å². The van der Waals surface area contributed by atoms with Crippen molar-refractivity contribution >= 4 is 21.8 Å². The van der Waals surface area contributed by atoms with Gasteiger partial charge in [0.1, 0.15) is 5.75 Å². The van der Waals surface area contributed by atoms with E-state index in [4.69, 9.17) is 4.74 Å². The van der Waals surface area contributed by atoms with Gasteiger partial charge in [0.25, 0.3) is 5.91 Å². The molecular weight excluding hydrogens is 318 g/mol. The Morgan fingerprint density at radius 3 is 2.50 bits per heavy atom. The van der Waals surface area contributed by atoms with E-state index in [1.165, 1.54) is 0 Å². The summed E-state index contributed by atoms with van der Waals surface area (Å²) in [6.45, 7) is 0.504. The minimum Gasteiger partial charge on any atom is -0.496 e. The van der Waals surface area contributed by atoms with Crippen LogP contribution in [0, 0.1) is 0 Å². The topological polar surface area (TPSA) is 29.5 Å². The summed E-state index contributed by atoms with van der Waals surface area (Å²) in [6.07, 6.45) is 0. The molecule has 2 aromatic carbocycles. The molecule has 20 heavy (non-hydrogen) atoms. The van der Waals surface area contributed by atoms with Crippen molar-refractivity contribution in [3.05, 3.63) is 64.1 Å². The number of benzene rings is 2. The van der Waals surface area contributed by atoms with Crippen molar-refractivity contribution in [1.29, 1.82) is 0 Å². The molecule has 104 valence electrons. The second kappa shape index (κ2) is 6.57. The Morgan fingerprint density at radius 2 is 1.80 bits per heavy atom. The Kier molecular flexibility index (Phi) is 4.79. The van der Waals surface area contributed by atoms with E-state index in [0.29, 0.717) is 12.1 Å².